The third kappa shape index (κ3) is 2.16. The molecule has 0 bridgehead atoms. The van der Waals surface area contributed by atoms with Crippen LogP contribution < -0.4 is 10.5 Å². The lowest BCUT2D eigenvalue weighted by atomic mass is 10.3. The van der Waals surface area contributed by atoms with Crippen molar-refractivity contribution in [2.24, 2.45) is 0 Å². The minimum Gasteiger partial charge on any atom is -0.437 e. The van der Waals surface area contributed by atoms with E-state index in [0.29, 0.717) is 17.3 Å². The van der Waals surface area contributed by atoms with Gasteiger partial charge in [-0.3, -0.25) is 0 Å². The van der Waals surface area contributed by atoms with Gasteiger partial charge in [0.15, 0.2) is 0 Å². The summed E-state index contributed by atoms with van der Waals surface area (Å²) in [5.74, 6) is 1.20. The molecule has 1 aromatic carbocycles. The highest BCUT2D eigenvalue weighted by Crippen LogP contribution is 2.32. The maximum atomic E-state index is 5.77. The van der Waals surface area contributed by atoms with E-state index in [0.717, 1.165) is 14.7 Å². The van der Waals surface area contributed by atoms with E-state index in [1.165, 1.54) is 6.33 Å². The van der Waals surface area contributed by atoms with Gasteiger partial charge in [0, 0.05) is 16.2 Å². The van der Waals surface area contributed by atoms with E-state index >= 15 is 0 Å². The lowest BCUT2D eigenvalue weighted by molar-refractivity contribution is 0.469. The minimum absolute atomic E-state index is 0.549. The van der Waals surface area contributed by atoms with Gasteiger partial charge in [0.1, 0.15) is 16.8 Å². The fraction of sp³-hybridized carbons (Fsp3) is 0. The molecular weight excluding hydrogens is 314 g/mol. The molecule has 0 aliphatic rings. The number of nitrogen functional groups attached to an aromatic ring is 1. The smallest absolute Gasteiger partial charge is 0.240 e. The molecule has 6 heteroatoms. The van der Waals surface area contributed by atoms with Crippen molar-refractivity contribution in [1.29, 1.82) is 0 Å². The summed E-state index contributed by atoms with van der Waals surface area (Å²) in [6, 6.07) is 7.35. The quantitative estimate of drug-likeness (QED) is 0.729. The van der Waals surface area contributed by atoms with Crippen LogP contribution in [0.1, 0.15) is 0 Å². The summed E-state index contributed by atoms with van der Waals surface area (Å²) in [5.41, 5.74) is 7.28. The Morgan fingerprint density at radius 2 is 2.11 bits per heavy atom. The SMILES string of the molecule is Nc1cc(Br)cc(Oc2ncnc3ccsc23)c1. The van der Waals surface area contributed by atoms with E-state index in [1.807, 2.05) is 23.6 Å². The predicted molar refractivity (Wildman–Crippen MR) is 76.0 cm³/mol. The number of thiophene rings is 1. The van der Waals surface area contributed by atoms with Gasteiger partial charge < -0.3 is 10.5 Å². The summed E-state index contributed by atoms with van der Waals surface area (Å²) in [7, 11) is 0. The molecule has 0 fully saturated rings. The number of rotatable bonds is 2. The monoisotopic (exact) mass is 321 g/mol. The van der Waals surface area contributed by atoms with Crippen LogP contribution in [0.3, 0.4) is 0 Å². The van der Waals surface area contributed by atoms with Gasteiger partial charge in [0.05, 0.1) is 5.52 Å². The standard InChI is InChI=1S/C12H8BrN3OS/c13-7-3-8(14)5-9(4-7)17-12-11-10(1-2-18-11)15-6-16-12/h1-6H,14H2. The third-order valence-electron chi connectivity index (χ3n) is 2.32. The van der Waals surface area contributed by atoms with Crippen LogP contribution in [0.5, 0.6) is 11.6 Å². The molecule has 0 unspecified atom stereocenters. The van der Waals surface area contributed by atoms with Gasteiger partial charge in [0.2, 0.25) is 5.88 Å². The second kappa shape index (κ2) is 4.55. The maximum absolute atomic E-state index is 5.77. The molecule has 0 aliphatic heterocycles. The average molecular weight is 322 g/mol. The first kappa shape index (κ1) is 11.4. The van der Waals surface area contributed by atoms with E-state index in [9.17, 15) is 0 Å². The van der Waals surface area contributed by atoms with Gasteiger partial charge in [-0.05, 0) is 23.6 Å². The van der Waals surface area contributed by atoms with E-state index in [4.69, 9.17) is 10.5 Å². The van der Waals surface area contributed by atoms with Crippen LogP contribution in [0, 0.1) is 0 Å². The number of aromatic nitrogens is 2. The summed E-state index contributed by atoms with van der Waals surface area (Å²) in [6.07, 6.45) is 1.49. The third-order valence-corrected chi connectivity index (χ3v) is 3.67. The Morgan fingerprint density at radius 1 is 1.22 bits per heavy atom. The van der Waals surface area contributed by atoms with Crippen LogP contribution in [0.15, 0.2) is 40.4 Å². The van der Waals surface area contributed by atoms with E-state index in [2.05, 4.69) is 25.9 Å². The Hall–Kier alpha value is -1.66. The number of benzene rings is 1. The van der Waals surface area contributed by atoms with Gasteiger partial charge in [0.25, 0.3) is 0 Å². The van der Waals surface area contributed by atoms with Crippen molar-refractivity contribution in [1.82, 2.24) is 9.97 Å². The van der Waals surface area contributed by atoms with Crippen molar-refractivity contribution in [3.63, 3.8) is 0 Å². The van der Waals surface area contributed by atoms with Crippen LogP contribution in [-0.4, -0.2) is 9.97 Å². The van der Waals surface area contributed by atoms with Gasteiger partial charge in [-0.1, -0.05) is 15.9 Å². The van der Waals surface area contributed by atoms with Crippen molar-refractivity contribution in [3.05, 3.63) is 40.4 Å². The Balaban J connectivity index is 2.03. The molecule has 90 valence electrons. The second-order valence-electron chi connectivity index (χ2n) is 3.64. The second-order valence-corrected chi connectivity index (χ2v) is 5.47. The highest BCUT2D eigenvalue weighted by Gasteiger charge is 2.08. The van der Waals surface area contributed by atoms with Crippen LogP contribution in [0.25, 0.3) is 10.2 Å². The van der Waals surface area contributed by atoms with Gasteiger partial charge in [-0.25, -0.2) is 9.97 Å². The number of hydrogen-bond acceptors (Lipinski definition) is 5. The summed E-state index contributed by atoms with van der Waals surface area (Å²) in [5, 5.41) is 1.96. The van der Waals surface area contributed by atoms with Crippen LogP contribution in [0.4, 0.5) is 5.69 Å². The number of nitrogens with zero attached hydrogens (tertiary/aromatic N) is 2. The maximum Gasteiger partial charge on any atom is 0.240 e. The number of ether oxygens (including phenoxy) is 1. The highest BCUT2D eigenvalue weighted by molar-refractivity contribution is 9.10. The molecule has 0 aliphatic carbocycles. The molecule has 0 spiro atoms. The first-order valence-electron chi connectivity index (χ1n) is 5.14. The normalized spacial score (nSPS) is 10.7. The van der Waals surface area contributed by atoms with Crippen molar-refractivity contribution in [2.75, 3.05) is 5.73 Å². The molecule has 2 aromatic heterocycles. The van der Waals surface area contributed by atoms with Crippen LogP contribution in [-0.2, 0) is 0 Å². The predicted octanol–water partition coefficient (Wildman–Crippen LogP) is 3.83. The molecule has 2 N–H and O–H groups in total. The summed E-state index contributed by atoms with van der Waals surface area (Å²) < 4.78 is 7.56. The van der Waals surface area contributed by atoms with Crippen LogP contribution in [0.2, 0.25) is 0 Å². The van der Waals surface area contributed by atoms with E-state index in [-0.39, 0.29) is 0 Å². The zero-order valence-electron chi connectivity index (χ0n) is 9.13. The molecule has 3 aromatic rings. The number of nitrogens with two attached hydrogens (primary N) is 1. The molecular formula is C12H8BrN3OS. The first-order valence-corrected chi connectivity index (χ1v) is 6.82. The Labute approximate surface area is 116 Å². The van der Waals surface area contributed by atoms with Crippen LogP contribution >= 0.6 is 27.3 Å². The lowest BCUT2D eigenvalue weighted by Crippen LogP contribution is -1.91. The number of anilines is 1. The summed E-state index contributed by atoms with van der Waals surface area (Å²) in [6.45, 7) is 0. The molecule has 4 nitrogen and oxygen atoms in total. The number of fused-ring (bicyclic) bond motifs is 1. The Bertz CT molecular complexity index is 693. The van der Waals surface area contributed by atoms with Gasteiger partial charge in [-0.2, -0.15) is 0 Å². The van der Waals surface area contributed by atoms with Crippen molar-refractivity contribution < 1.29 is 4.74 Å². The number of halogens is 1. The van der Waals surface area contributed by atoms with Crippen molar-refractivity contribution in [3.8, 4) is 11.6 Å². The summed E-state index contributed by atoms with van der Waals surface area (Å²) in [4.78, 5) is 8.32. The zero-order chi connectivity index (χ0) is 12.5. The molecule has 0 radical (unpaired) electrons. The molecule has 2 heterocycles. The molecule has 0 amide bonds. The zero-order valence-corrected chi connectivity index (χ0v) is 11.5. The Kier molecular flexibility index (Phi) is 2.89. The van der Waals surface area contributed by atoms with Gasteiger partial charge in [-0.15, -0.1) is 11.3 Å². The fourth-order valence-corrected chi connectivity index (χ4v) is 2.85. The van der Waals surface area contributed by atoms with E-state index < -0.39 is 0 Å². The Morgan fingerprint density at radius 3 is 2.94 bits per heavy atom. The lowest BCUT2D eigenvalue weighted by Gasteiger charge is -2.06. The largest absolute Gasteiger partial charge is 0.437 e. The fourth-order valence-electron chi connectivity index (χ4n) is 1.59. The molecule has 18 heavy (non-hydrogen) atoms. The average Bonchev–Trinajstić information content (AvgIpc) is 2.76. The summed E-state index contributed by atoms with van der Waals surface area (Å²) >= 11 is 4.93. The molecule has 0 saturated heterocycles. The first-order chi connectivity index (χ1) is 8.72. The molecule has 0 saturated carbocycles. The van der Waals surface area contributed by atoms with E-state index in [1.54, 1.807) is 17.4 Å². The molecule has 0 atom stereocenters. The van der Waals surface area contributed by atoms with Crippen molar-refractivity contribution >= 4 is 43.2 Å². The van der Waals surface area contributed by atoms with Gasteiger partial charge >= 0.3 is 0 Å². The van der Waals surface area contributed by atoms with Crippen molar-refractivity contribution in [2.45, 2.75) is 0 Å². The highest BCUT2D eigenvalue weighted by atomic mass is 79.9. The minimum atomic E-state index is 0.549. The topological polar surface area (TPSA) is 61.0 Å². The number of hydrogen-bond donors (Lipinski definition) is 1. The molecule has 3 rings (SSSR count).